The maximum Gasteiger partial charge on any atom is 0.306 e. The van der Waals surface area contributed by atoms with E-state index in [9.17, 15) is 14.4 Å². The fourth-order valence-corrected chi connectivity index (χ4v) is 10.1. The van der Waals surface area contributed by atoms with E-state index in [0.29, 0.717) is 19.3 Å². The monoisotopic (exact) mass is 1140 g/mol. The minimum Gasteiger partial charge on any atom is -0.462 e. The van der Waals surface area contributed by atoms with Crippen molar-refractivity contribution in [2.24, 2.45) is 0 Å². The van der Waals surface area contributed by atoms with E-state index in [0.717, 1.165) is 109 Å². The topological polar surface area (TPSA) is 78.9 Å². The molecule has 472 valence electrons. The lowest BCUT2D eigenvalue weighted by molar-refractivity contribution is -0.167. The van der Waals surface area contributed by atoms with Gasteiger partial charge >= 0.3 is 17.9 Å². The van der Waals surface area contributed by atoms with E-state index in [1.807, 2.05) is 0 Å². The Hall–Kier alpha value is -3.67. The highest BCUT2D eigenvalue weighted by molar-refractivity contribution is 5.71. The molecule has 0 radical (unpaired) electrons. The summed E-state index contributed by atoms with van der Waals surface area (Å²) in [5.41, 5.74) is 0. The first kappa shape index (κ1) is 78.3. The third-order valence-electron chi connectivity index (χ3n) is 15.4. The lowest BCUT2D eigenvalue weighted by atomic mass is 10.0. The van der Waals surface area contributed by atoms with Crippen LogP contribution < -0.4 is 0 Å². The molecule has 0 fully saturated rings. The summed E-state index contributed by atoms with van der Waals surface area (Å²) in [5.74, 6) is -0.872. The molecule has 0 aliphatic rings. The van der Waals surface area contributed by atoms with E-state index in [2.05, 4.69) is 118 Å². The number of esters is 3. The van der Waals surface area contributed by atoms with Gasteiger partial charge in [0, 0.05) is 19.3 Å². The second-order valence-electron chi connectivity index (χ2n) is 23.4. The van der Waals surface area contributed by atoms with Crippen LogP contribution in [-0.2, 0) is 28.6 Å². The van der Waals surface area contributed by atoms with Gasteiger partial charge in [-0.25, -0.2) is 0 Å². The van der Waals surface area contributed by atoms with E-state index in [4.69, 9.17) is 14.2 Å². The third kappa shape index (κ3) is 67.1. The van der Waals surface area contributed by atoms with Gasteiger partial charge in [0.2, 0.25) is 0 Å². The van der Waals surface area contributed by atoms with Gasteiger partial charge in [-0.3, -0.25) is 14.4 Å². The summed E-state index contributed by atoms with van der Waals surface area (Å²) in [4.78, 5) is 38.1. The van der Waals surface area contributed by atoms with Crippen LogP contribution in [0.25, 0.3) is 0 Å². The number of rotatable bonds is 64. The maximum absolute atomic E-state index is 12.9. The van der Waals surface area contributed by atoms with Gasteiger partial charge in [0.25, 0.3) is 0 Å². The van der Waals surface area contributed by atoms with Crippen molar-refractivity contribution in [3.05, 3.63) is 97.2 Å². The molecule has 0 aromatic heterocycles. The second kappa shape index (κ2) is 69.8. The highest BCUT2D eigenvalue weighted by Gasteiger charge is 2.19. The predicted molar refractivity (Wildman–Crippen MR) is 357 cm³/mol. The molecule has 0 aromatic carbocycles. The summed E-state index contributed by atoms with van der Waals surface area (Å²) in [6.07, 6.45) is 94.7. The SMILES string of the molecule is CC/C=C\C/C=C\C/C=C\C/C=C\C/C=C\C/C=C\C/C=C\C/C=C\CCCCCCCCCCCCC(=O)OCC(COC(=O)CCCCCCCC)OC(=O)CCCCCCCCCCCCCCCCCCCCCCCCC. The van der Waals surface area contributed by atoms with Gasteiger partial charge in [0.15, 0.2) is 6.10 Å². The Morgan fingerprint density at radius 1 is 0.256 bits per heavy atom. The highest BCUT2D eigenvalue weighted by Crippen LogP contribution is 2.18. The molecule has 0 spiro atoms. The van der Waals surface area contributed by atoms with E-state index in [1.54, 1.807) is 0 Å². The number of ether oxygens (including phenoxy) is 3. The first-order valence-electron chi connectivity index (χ1n) is 35.2. The zero-order valence-electron chi connectivity index (χ0n) is 54.2. The molecule has 0 aliphatic carbocycles. The summed E-state index contributed by atoms with van der Waals surface area (Å²) in [5, 5.41) is 0. The molecule has 1 atom stereocenters. The van der Waals surface area contributed by atoms with Gasteiger partial charge in [-0.1, -0.05) is 343 Å². The van der Waals surface area contributed by atoms with E-state index < -0.39 is 6.10 Å². The summed E-state index contributed by atoms with van der Waals surface area (Å²) in [6.45, 7) is 6.51. The number of allylic oxidation sites excluding steroid dienone is 16. The van der Waals surface area contributed by atoms with Crippen LogP contribution in [-0.4, -0.2) is 37.2 Å². The lowest BCUT2D eigenvalue weighted by Crippen LogP contribution is -2.30. The average Bonchev–Trinajstić information content (AvgIpc) is 3.47. The standard InChI is InChI=1S/C76H132O6/c1-4-7-10-13-16-18-20-22-24-26-28-30-32-33-34-35-36-37-38-39-40-41-42-43-45-46-48-50-52-54-56-58-60-63-66-69-75(78)81-72-73(71-80-74(77)68-65-62-15-12-9-6-3)82-76(79)70-67-64-61-59-57-55-53-51-49-47-44-31-29-27-25-23-21-19-17-14-11-8-5-2/h7,10,16,18,22,24,28,30,33-34,36-37,39-40,42-43,73H,4-6,8-9,11-15,17,19-21,23,25-27,29,31-32,35,38,41,44-72H2,1-3H3/b10-7-,18-16-,24-22-,30-28-,34-33-,37-36-,40-39-,43-42-. The van der Waals surface area contributed by atoms with Crippen molar-refractivity contribution in [2.75, 3.05) is 13.2 Å². The first-order valence-corrected chi connectivity index (χ1v) is 35.2. The van der Waals surface area contributed by atoms with Crippen molar-refractivity contribution in [2.45, 2.75) is 354 Å². The van der Waals surface area contributed by atoms with Crippen LogP contribution in [0.5, 0.6) is 0 Å². The van der Waals surface area contributed by atoms with Crippen LogP contribution >= 0.6 is 0 Å². The maximum atomic E-state index is 12.9. The molecule has 6 nitrogen and oxygen atoms in total. The quantitative estimate of drug-likeness (QED) is 0.0261. The van der Waals surface area contributed by atoms with Crippen molar-refractivity contribution in [3.8, 4) is 0 Å². The molecular weight excluding hydrogens is 1010 g/mol. The number of hydrogen-bond donors (Lipinski definition) is 0. The first-order chi connectivity index (χ1) is 40.5. The summed E-state index contributed by atoms with van der Waals surface area (Å²) < 4.78 is 16.8. The van der Waals surface area contributed by atoms with Gasteiger partial charge < -0.3 is 14.2 Å². The Morgan fingerprint density at radius 2 is 0.476 bits per heavy atom. The van der Waals surface area contributed by atoms with Crippen LogP contribution in [0.3, 0.4) is 0 Å². The van der Waals surface area contributed by atoms with Crippen LogP contribution in [0.4, 0.5) is 0 Å². The van der Waals surface area contributed by atoms with Gasteiger partial charge in [0.1, 0.15) is 13.2 Å². The summed E-state index contributed by atoms with van der Waals surface area (Å²) in [7, 11) is 0. The molecule has 0 heterocycles. The smallest absolute Gasteiger partial charge is 0.306 e. The Bertz CT molecular complexity index is 1590. The molecule has 0 amide bonds. The number of hydrogen-bond acceptors (Lipinski definition) is 6. The fourth-order valence-electron chi connectivity index (χ4n) is 10.1. The fraction of sp³-hybridized carbons (Fsp3) is 0.750. The molecule has 1 unspecified atom stereocenters. The number of carbonyl (C=O) groups is 3. The predicted octanol–water partition coefficient (Wildman–Crippen LogP) is 24.4. The Morgan fingerprint density at radius 3 is 0.744 bits per heavy atom. The van der Waals surface area contributed by atoms with Gasteiger partial charge in [-0.05, 0) is 83.5 Å². The van der Waals surface area contributed by atoms with Gasteiger partial charge in [-0.2, -0.15) is 0 Å². The van der Waals surface area contributed by atoms with Crippen LogP contribution in [0.1, 0.15) is 348 Å². The van der Waals surface area contributed by atoms with Crippen molar-refractivity contribution in [1.29, 1.82) is 0 Å². The highest BCUT2D eigenvalue weighted by atomic mass is 16.6. The molecule has 0 saturated heterocycles. The van der Waals surface area contributed by atoms with Crippen molar-refractivity contribution in [1.82, 2.24) is 0 Å². The molecule has 0 rings (SSSR count). The Balaban J connectivity index is 4.04. The van der Waals surface area contributed by atoms with Gasteiger partial charge in [-0.15, -0.1) is 0 Å². The summed E-state index contributed by atoms with van der Waals surface area (Å²) >= 11 is 0. The van der Waals surface area contributed by atoms with E-state index in [-0.39, 0.29) is 31.1 Å². The van der Waals surface area contributed by atoms with Crippen molar-refractivity contribution in [3.63, 3.8) is 0 Å². The molecular formula is C76H132O6. The Kier molecular flexibility index (Phi) is 66.7. The molecule has 0 bridgehead atoms. The minimum absolute atomic E-state index is 0.0741. The van der Waals surface area contributed by atoms with Crippen molar-refractivity contribution < 1.29 is 28.6 Å². The molecule has 0 aromatic rings. The minimum atomic E-state index is -0.774. The molecule has 0 saturated carbocycles. The van der Waals surface area contributed by atoms with E-state index in [1.165, 1.54) is 199 Å². The molecule has 82 heavy (non-hydrogen) atoms. The molecule has 0 aliphatic heterocycles. The van der Waals surface area contributed by atoms with Crippen LogP contribution in [0.2, 0.25) is 0 Å². The van der Waals surface area contributed by atoms with Crippen molar-refractivity contribution >= 4 is 17.9 Å². The second-order valence-corrected chi connectivity index (χ2v) is 23.4. The average molecular weight is 1140 g/mol. The normalized spacial score (nSPS) is 12.7. The summed E-state index contributed by atoms with van der Waals surface area (Å²) in [6, 6.07) is 0. The number of unbranched alkanes of at least 4 members (excludes halogenated alkanes) is 37. The van der Waals surface area contributed by atoms with Crippen LogP contribution in [0, 0.1) is 0 Å². The van der Waals surface area contributed by atoms with E-state index >= 15 is 0 Å². The Labute approximate surface area is 508 Å². The third-order valence-corrected chi connectivity index (χ3v) is 15.4. The molecule has 6 heteroatoms. The zero-order chi connectivity index (χ0) is 59.2. The zero-order valence-corrected chi connectivity index (χ0v) is 54.2. The van der Waals surface area contributed by atoms with Gasteiger partial charge in [0.05, 0.1) is 0 Å². The lowest BCUT2D eigenvalue weighted by Gasteiger charge is -2.18. The number of carbonyl (C=O) groups excluding carboxylic acids is 3. The largest absolute Gasteiger partial charge is 0.462 e. The molecule has 0 N–H and O–H groups in total. The van der Waals surface area contributed by atoms with Crippen LogP contribution in [0.15, 0.2) is 97.2 Å².